The maximum absolute atomic E-state index is 12.0. The van der Waals surface area contributed by atoms with E-state index in [2.05, 4.69) is 5.32 Å². The molecule has 1 atom stereocenters. The monoisotopic (exact) mass is 250 g/mol. The molecule has 0 saturated heterocycles. The third kappa shape index (κ3) is 2.75. The average Bonchev–Trinajstić information content (AvgIpc) is 2.70. The lowest BCUT2D eigenvalue weighted by molar-refractivity contribution is -0.125. The van der Waals surface area contributed by atoms with Crippen LogP contribution >= 0.6 is 0 Å². The molecule has 0 bridgehead atoms. The Kier molecular flexibility index (Phi) is 3.76. The molecule has 2 rings (SSSR count). The van der Waals surface area contributed by atoms with Gasteiger partial charge in [-0.1, -0.05) is 6.42 Å². The number of furan rings is 1. The quantitative estimate of drug-likeness (QED) is 0.842. The smallest absolute Gasteiger partial charge is 0.221 e. The van der Waals surface area contributed by atoms with Crippen molar-refractivity contribution in [3.63, 3.8) is 0 Å². The molecule has 1 unspecified atom stereocenters. The molecule has 1 aliphatic carbocycles. The van der Waals surface area contributed by atoms with Crippen molar-refractivity contribution in [3.05, 3.63) is 23.7 Å². The lowest BCUT2D eigenvalue weighted by atomic mass is 9.66. The average molecular weight is 250 g/mol. The van der Waals surface area contributed by atoms with Gasteiger partial charge in [-0.25, -0.2) is 0 Å². The van der Waals surface area contributed by atoms with Crippen molar-refractivity contribution in [2.45, 2.75) is 45.6 Å². The molecule has 0 spiro atoms. The molecule has 4 nitrogen and oxygen atoms in total. The lowest BCUT2D eigenvalue weighted by Crippen LogP contribution is -2.42. The van der Waals surface area contributed by atoms with Gasteiger partial charge in [0, 0.05) is 6.42 Å². The summed E-state index contributed by atoms with van der Waals surface area (Å²) in [6, 6.07) is 3.73. The van der Waals surface area contributed by atoms with Crippen LogP contribution in [0.15, 0.2) is 16.5 Å². The van der Waals surface area contributed by atoms with Crippen LogP contribution in [-0.2, 0) is 4.79 Å². The molecule has 3 N–H and O–H groups in total. The van der Waals surface area contributed by atoms with Crippen LogP contribution in [-0.4, -0.2) is 12.5 Å². The van der Waals surface area contributed by atoms with Gasteiger partial charge in [0.05, 0.1) is 6.04 Å². The van der Waals surface area contributed by atoms with Crippen molar-refractivity contribution in [2.75, 3.05) is 6.54 Å². The van der Waals surface area contributed by atoms with Crippen LogP contribution in [0.2, 0.25) is 0 Å². The van der Waals surface area contributed by atoms with E-state index in [9.17, 15) is 4.79 Å². The fourth-order valence-electron chi connectivity index (χ4n) is 2.52. The summed E-state index contributed by atoms with van der Waals surface area (Å²) in [5, 5.41) is 2.98. The highest BCUT2D eigenvalue weighted by atomic mass is 16.3. The molecular weight excluding hydrogens is 228 g/mol. The van der Waals surface area contributed by atoms with E-state index in [4.69, 9.17) is 10.2 Å². The standard InChI is InChI=1S/C14H22N2O2/c1-10-4-5-12(18-10)11(2)16-13(17)8-14(9-15)6-3-7-14/h4-5,11H,3,6-9,15H2,1-2H3,(H,16,17). The maximum Gasteiger partial charge on any atom is 0.221 e. The van der Waals surface area contributed by atoms with Crippen LogP contribution in [0.1, 0.15) is 50.2 Å². The van der Waals surface area contributed by atoms with Gasteiger partial charge in [0.25, 0.3) is 0 Å². The third-order valence-electron chi connectivity index (χ3n) is 3.95. The van der Waals surface area contributed by atoms with Crippen molar-refractivity contribution in [3.8, 4) is 0 Å². The van der Waals surface area contributed by atoms with Crippen LogP contribution in [0.5, 0.6) is 0 Å². The van der Waals surface area contributed by atoms with Crippen LogP contribution in [0, 0.1) is 12.3 Å². The van der Waals surface area contributed by atoms with E-state index in [1.165, 1.54) is 6.42 Å². The number of carbonyl (C=O) groups excluding carboxylic acids is 1. The zero-order valence-corrected chi connectivity index (χ0v) is 11.2. The summed E-state index contributed by atoms with van der Waals surface area (Å²) in [6.45, 7) is 4.44. The molecule has 0 radical (unpaired) electrons. The summed E-state index contributed by atoms with van der Waals surface area (Å²) < 4.78 is 5.50. The summed E-state index contributed by atoms with van der Waals surface area (Å²) >= 11 is 0. The highest BCUT2D eigenvalue weighted by Gasteiger charge is 2.37. The van der Waals surface area contributed by atoms with Crippen molar-refractivity contribution in [1.29, 1.82) is 0 Å². The molecule has 4 heteroatoms. The number of hydrogen-bond donors (Lipinski definition) is 2. The summed E-state index contributed by atoms with van der Waals surface area (Å²) in [5.74, 6) is 1.74. The second kappa shape index (κ2) is 5.14. The van der Waals surface area contributed by atoms with E-state index in [0.29, 0.717) is 13.0 Å². The van der Waals surface area contributed by atoms with Gasteiger partial charge >= 0.3 is 0 Å². The lowest BCUT2D eigenvalue weighted by Gasteiger charge is -2.40. The van der Waals surface area contributed by atoms with Crippen LogP contribution in [0.25, 0.3) is 0 Å². The Morgan fingerprint density at radius 2 is 2.28 bits per heavy atom. The number of nitrogens with two attached hydrogens (primary N) is 1. The van der Waals surface area contributed by atoms with Crippen LogP contribution in [0.4, 0.5) is 0 Å². The van der Waals surface area contributed by atoms with Gasteiger partial charge in [0.2, 0.25) is 5.91 Å². The highest BCUT2D eigenvalue weighted by molar-refractivity contribution is 5.77. The molecule has 1 fully saturated rings. The van der Waals surface area contributed by atoms with Crippen molar-refractivity contribution in [2.24, 2.45) is 11.1 Å². The third-order valence-corrected chi connectivity index (χ3v) is 3.95. The fraction of sp³-hybridized carbons (Fsp3) is 0.643. The fourth-order valence-corrected chi connectivity index (χ4v) is 2.52. The number of nitrogens with one attached hydrogen (secondary N) is 1. The number of amides is 1. The van der Waals surface area contributed by atoms with E-state index in [0.717, 1.165) is 24.4 Å². The number of carbonyl (C=O) groups is 1. The molecule has 18 heavy (non-hydrogen) atoms. The zero-order chi connectivity index (χ0) is 13.2. The minimum atomic E-state index is -0.0823. The van der Waals surface area contributed by atoms with Crippen LogP contribution < -0.4 is 11.1 Å². The predicted octanol–water partition coefficient (Wildman–Crippen LogP) is 2.28. The SMILES string of the molecule is Cc1ccc(C(C)NC(=O)CC2(CN)CCC2)o1. The first-order valence-corrected chi connectivity index (χ1v) is 6.60. The summed E-state index contributed by atoms with van der Waals surface area (Å²) in [5.41, 5.74) is 5.82. The molecule has 1 aromatic rings. The molecule has 1 amide bonds. The number of hydrogen-bond acceptors (Lipinski definition) is 3. The van der Waals surface area contributed by atoms with Gasteiger partial charge in [-0.05, 0) is 50.8 Å². The Morgan fingerprint density at radius 3 is 2.72 bits per heavy atom. The first kappa shape index (κ1) is 13.1. The second-order valence-electron chi connectivity index (χ2n) is 5.47. The summed E-state index contributed by atoms with van der Waals surface area (Å²) in [7, 11) is 0. The molecule has 1 saturated carbocycles. The minimum Gasteiger partial charge on any atom is -0.464 e. The van der Waals surface area contributed by atoms with Crippen molar-refractivity contribution >= 4 is 5.91 Å². The van der Waals surface area contributed by atoms with Crippen molar-refractivity contribution < 1.29 is 9.21 Å². The van der Waals surface area contributed by atoms with E-state index in [-0.39, 0.29) is 17.4 Å². The molecule has 1 aromatic heterocycles. The van der Waals surface area contributed by atoms with E-state index >= 15 is 0 Å². The van der Waals surface area contributed by atoms with Gasteiger partial charge in [0.1, 0.15) is 11.5 Å². The first-order valence-electron chi connectivity index (χ1n) is 6.60. The maximum atomic E-state index is 12.0. The Bertz CT molecular complexity index is 416. The molecule has 0 aliphatic heterocycles. The topological polar surface area (TPSA) is 68.3 Å². The zero-order valence-electron chi connectivity index (χ0n) is 11.2. The Morgan fingerprint density at radius 1 is 1.56 bits per heavy atom. The number of aryl methyl sites for hydroxylation is 1. The Hall–Kier alpha value is -1.29. The van der Waals surface area contributed by atoms with Gasteiger partial charge in [-0.2, -0.15) is 0 Å². The van der Waals surface area contributed by atoms with Crippen LogP contribution in [0.3, 0.4) is 0 Å². The van der Waals surface area contributed by atoms with E-state index in [1.807, 2.05) is 26.0 Å². The molecule has 1 aliphatic rings. The van der Waals surface area contributed by atoms with Gasteiger partial charge in [-0.15, -0.1) is 0 Å². The summed E-state index contributed by atoms with van der Waals surface area (Å²) in [6.07, 6.45) is 3.88. The van der Waals surface area contributed by atoms with Gasteiger partial charge in [-0.3, -0.25) is 4.79 Å². The number of rotatable bonds is 5. The Labute approximate surface area is 108 Å². The normalized spacial score (nSPS) is 19.1. The summed E-state index contributed by atoms with van der Waals surface area (Å²) in [4.78, 5) is 12.0. The first-order chi connectivity index (χ1) is 8.54. The largest absolute Gasteiger partial charge is 0.464 e. The van der Waals surface area contributed by atoms with Gasteiger partial charge in [0.15, 0.2) is 0 Å². The van der Waals surface area contributed by atoms with Crippen molar-refractivity contribution in [1.82, 2.24) is 5.32 Å². The van der Waals surface area contributed by atoms with Gasteiger partial charge < -0.3 is 15.5 Å². The molecular formula is C14H22N2O2. The minimum absolute atomic E-state index is 0.0584. The second-order valence-corrected chi connectivity index (χ2v) is 5.47. The predicted molar refractivity (Wildman–Crippen MR) is 70.0 cm³/mol. The Balaban J connectivity index is 1.87. The van der Waals surface area contributed by atoms with E-state index in [1.54, 1.807) is 0 Å². The molecule has 1 heterocycles. The molecule has 0 aromatic carbocycles. The van der Waals surface area contributed by atoms with E-state index < -0.39 is 0 Å². The highest BCUT2D eigenvalue weighted by Crippen LogP contribution is 2.42. The molecule has 100 valence electrons.